The molecule has 32 heavy (non-hydrogen) atoms. The fraction of sp³-hybridized carbons (Fsp3) is 0.333. The van der Waals surface area contributed by atoms with Crippen LogP contribution in [0.25, 0.3) is 10.2 Å². The summed E-state index contributed by atoms with van der Waals surface area (Å²) in [4.78, 5) is 17.5. The van der Waals surface area contributed by atoms with Crippen LogP contribution in [0.3, 0.4) is 0 Å². The number of hydrogen-bond acceptors (Lipinski definition) is 5. The number of amides is 1. The molecule has 0 N–H and O–H groups in total. The van der Waals surface area contributed by atoms with Crippen LogP contribution in [0.1, 0.15) is 23.2 Å². The number of benzene rings is 2. The highest BCUT2D eigenvalue weighted by Crippen LogP contribution is 2.29. The van der Waals surface area contributed by atoms with Gasteiger partial charge in [0.1, 0.15) is 0 Å². The molecule has 11 heteroatoms. The summed E-state index contributed by atoms with van der Waals surface area (Å²) in [5.74, 6) is -0.481. The summed E-state index contributed by atoms with van der Waals surface area (Å²) in [6, 6.07) is 9.19. The number of rotatable bonds is 5. The van der Waals surface area contributed by atoms with Crippen LogP contribution < -0.4 is 4.80 Å². The SMILES string of the molecule is CN(CC1CCCO1)S(=O)(=O)c1ccc(C(=O)N=c2sc3cc(Cl)cc(Cl)c3n2C)cc1. The van der Waals surface area contributed by atoms with Gasteiger partial charge in [-0.25, -0.2) is 8.42 Å². The zero-order valence-corrected chi connectivity index (χ0v) is 20.6. The topological polar surface area (TPSA) is 81.0 Å². The maximum Gasteiger partial charge on any atom is 0.279 e. The smallest absolute Gasteiger partial charge is 0.279 e. The number of halogens is 2. The van der Waals surface area contributed by atoms with Crippen LogP contribution in [0.2, 0.25) is 10.0 Å². The highest BCUT2D eigenvalue weighted by Gasteiger charge is 2.26. The second-order valence-electron chi connectivity index (χ2n) is 7.54. The van der Waals surface area contributed by atoms with Crippen LogP contribution in [0.15, 0.2) is 46.3 Å². The number of fused-ring (bicyclic) bond motifs is 1. The number of thiazole rings is 1. The number of carbonyl (C=O) groups excluding carboxylic acids is 1. The van der Waals surface area contributed by atoms with Gasteiger partial charge in [0.05, 0.1) is 26.2 Å². The van der Waals surface area contributed by atoms with Gasteiger partial charge < -0.3 is 9.30 Å². The first-order valence-electron chi connectivity index (χ1n) is 9.88. The van der Waals surface area contributed by atoms with Crippen molar-refractivity contribution in [1.82, 2.24) is 8.87 Å². The van der Waals surface area contributed by atoms with E-state index in [1.54, 1.807) is 23.7 Å². The van der Waals surface area contributed by atoms with Crippen LogP contribution >= 0.6 is 34.5 Å². The predicted octanol–water partition coefficient (Wildman–Crippen LogP) is 4.09. The van der Waals surface area contributed by atoms with Gasteiger partial charge in [-0.05, 0) is 49.2 Å². The van der Waals surface area contributed by atoms with E-state index in [4.69, 9.17) is 27.9 Å². The fourth-order valence-electron chi connectivity index (χ4n) is 3.58. The van der Waals surface area contributed by atoms with Crippen LogP contribution in [0.5, 0.6) is 0 Å². The molecule has 2 heterocycles. The molecule has 0 aliphatic carbocycles. The maximum atomic E-state index is 12.8. The Morgan fingerprint density at radius 1 is 1.28 bits per heavy atom. The average Bonchev–Trinajstić information content (AvgIpc) is 3.36. The largest absolute Gasteiger partial charge is 0.377 e. The molecule has 0 radical (unpaired) electrons. The quantitative estimate of drug-likeness (QED) is 0.514. The second kappa shape index (κ2) is 9.24. The minimum Gasteiger partial charge on any atom is -0.377 e. The van der Waals surface area contributed by atoms with Crippen molar-refractivity contribution in [2.45, 2.75) is 23.8 Å². The maximum absolute atomic E-state index is 12.8. The standard InChI is InChI=1S/C21H21Cl2N3O4S2/c1-25(12-15-4-3-9-30-15)32(28,29)16-7-5-13(6-8-16)20(27)24-21-26(2)19-17(23)10-14(22)11-18(19)31-21/h5-8,10-11,15H,3-4,9,12H2,1-2H3. The lowest BCUT2D eigenvalue weighted by Gasteiger charge is -2.20. The lowest BCUT2D eigenvalue weighted by Crippen LogP contribution is -2.34. The molecule has 4 rings (SSSR count). The molecule has 2 aromatic carbocycles. The molecule has 170 valence electrons. The third kappa shape index (κ3) is 4.64. The van der Waals surface area contributed by atoms with Gasteiger partial charge in [0.2, 0.25) is 10.0 Å². The molecule has 1 aliphatic rings. The Morgan fingerprint density at radius 2 is 2.00 bits per heavy atom. The number of aryl methyl sites for hydroxylation is 1. The van der Waals surface area contributed by atoms with Gasteiger partial charge >= 0.3 is 0 Å². The highest BCUT2D eigenvalue weighted by molar-refractivity contribution is 7.89. The zero-order chi connectivity index (χ0) is 23.0. The Labute approximate surface area is 199 Å². The van der Waals surface area contributed by atoms with E-state index in [1.807, 2.05) is 0 Å². The molecular weight excluding hydrogens is 493 g/mol. The lowest BCUT2D eigenvalue weighted by atomic mass is 10.2. The van der Waals surface area contributed by atoms with Crippen molar-refractivity contribution >= 4 is 60.7 Å². The normalized spacial score (nSPS) is 17.5. The monoisotopic (exact) mass is 513 g/mol. The van der Waals surface area contributed by atoms with E-state index >= 15 is 0 Å². The van der Waals surface area contributed by atoms with Gasteiger partial charge in [-0.1, -0.05) is 34.5 Å². The number of aromatic nitrogens is 1. The van der Waals surface area contributed by atoms with Crippen molar-refractivity contribution in [2.75, 3.05) is 20.2 Å². The molecule has 0 spiro atoms. The number of nitrogens with zero attached hydrogens (tertiary/aromatic N) is 3. The van der Waals surface area contributed by atoms with E-state index in [2.05, 4.69) is 4.99 Å². The van der Waals surface area contributed by atoms with Crippen LogP contribution in [0, 0.1) is 0 Å². The van der Waals surface area contributed by atoms with Crippen molar-refractivity contribution in [3.8, 4) is 0 Å². The highest BCUT2D eigenvalue weighted by atomic mass is 35.5. The number of sulfonamides is 1. The molecule has 0 saturated carbocycles. The van der Waals surface area contributed by atoms with Gasteiger partial charge in [0, 0.05) is 37.8 Å². The molecule has 3 aromatic rings. The van der Waals surface area contributed by atoms with E-state index < -0.39 is 15.9 Å². The molecule has 1 aromatic heterocycles. The molecule has 0 bridgehead atoms. The minimum absolute atomic E-state index is 0.0835. The number of hydrogen-bond donors (Lipinski definition) is 0. The lowest BCUT2D eigenvalue weighted by molar-refractivity contribution is 0.0979. The average molecular weight is 514 g/mol. The van der Waals surface area contributed by atoms with E-state index in [9.17, 15) is 13.2 Å². The van der Waals surface area contributed by atoms with Gasteiger partial charge in [0.25, 0.3) is 5.91 Å². The summed E-state index contributed by atoms with van der Waals surface area (Å²) < 4.78 is 35.0. The Bertz CT molecular complexity index is 1340. The summed E-state index contributed by atoms with van der Waals surface area (Å²) >= 11 is 13.6. The molecular formula is C21H21Cl2N3O4S2. The van der Waals surface area contributed by atoms with Crippen molar-refractivity contribution in [1.29, 1.82) is 0 Å². The molecule has 7 nitrogen and oxygen atoms in total. The molecule has 1 saturated heterocycles. The van der Waals surface area contributed by atoms with E-state index in [-0.39, 0.29) is 16.6 Å². The van der Waals surface area contributed by atoms with Crippen molar-refractivity contribution < 1.29 is 17.9 Å². The summed E-state index contributed by atoms with van der Waals surface area (Å²) in [6.07, 6.45) is 1.71. The third-order valence-electron chi connectivity index (χ3n) is 5.31. The summed E-state index contributed by atoms with van der Waals surface area (Å²) in [7, 11) is -0.378. The summed E-state index contributed by atoms with van der Waals surface area (Å²) in [6.45, 7) is 0.961. The van der Waals surface area contributed by atoms with Crippen LogP contribution in [-0.4, -0.2) is 49.5 Å². The Morgan fingerprint density at radius 3 is 2.66 bits per heavy atom. The zero-order valence-electron chi connectivity index (χ0n) is 17.4. The van der Waals surface area contributed by atoms with Crippen LogP contribution in [0.4, 0.5) is 0 Å². The first kappa shape index (κ1) is 23.4. The van der Waals surface area contributed by atoms with Crippen LogP contribution in [-0.2, 0) is 21.8 Å². The van der Waals surface area contributed by atoms with E-state index in [0.29, 0.717) is 28.0 Å². The molecule has 1 amide bonds. The Kier molecular flexibility index (Phi) is 6.76. The summed E-state index contributed by atoms with van der Waals surface area (Å²) in [5, 5.41) is 0.977. The van der Waals surface area contributed by atoms with Gasteiger partial charge in [-0.15, -0.1) is 0 Å². The predicted molar refractivity (Wildman–Crippen MR) is 126 cm³/mol. The third-order valence-corrected chi connectivity index (χ3v) is 8.73. The second-order valence-corrected chi connectivity index (χ2v) is 11.4. The molecule has 1 unspecified atom stereocenters. The van der Waals surface area contributed by atoms with Gasteiger partial charge in [-0.3, -0.25) is 4.79 Å². The Balaban J connectivity index is 1.58. The molecule has 1 aliphatic heterocycles. The fourth-order valence-corrected chi connectivity index (χ4v) is 6.61. The van der Waals surface area contributed by atoms with Crippen molar-refractivity contribution in [2.24, 2.45) is 12.0 Å². The Hall–Kier alpha value is -1.75. The number of ether oxygens (including phenoxy) is 1. The first-order valence-corrected chi connectivity index (χ1v) is 12.9. The first-order chi connectivity index (χ1) is 15.2. The molecule has 1 fully saturated rings. The van der Waals surface area contributed by atoms with E-state index in [0.717, 1.165) is 23.1 Å². The van der Waals surface area contributed by atoms with Gasteiger partial charge in [-0.2, -0.15) is 9.30 Å². The molecule has 1 atom stereocenters. The van der Waals surface area contributed by atoms with Crippen molar-refractivity contribution in [3.63, 3.8) is 0 Å². The van der Waals surface area contributed by atoms with Gasteiger partial charge in [0.15, 0.2) is 4.80 Å². The van der Waals surface area contributed by atoms with Crippen molar-refractivity contribution in [3.05, 3.63) is 56.8 Å². The number of likely N-dealkylation sites (N-methyl/N-ethyl adjacent to an activating group) is 1. The minimum atomic E-state index is -3.68. The number of carbonyl (C=O) groups is 1. The summed E-state index contributed by atoms with van der Waals surface area (Å²) in [5.41, 5.74) is 1.02. The van der Waals surface area contributed by atoms with E-state index in [1.165, 1.54) is 47.0 Å².